The normalized spacial score (nSPS) is 16.0. The first-order chi connectivity index (χ1) is 13.1. The van der Waals surface area contributed by atoms with Crippen LogP contribution in [0.15, 0.2) is 30.5 Å². The second-order valence-electron chi connectivity index (χ2n) is 5.88. The third-order valence-corrected chi connectivity index (χ3v) is 4.18. The lowest BCUT2D eigenvalue weighted by atomic mass is 10.2. The molecule has 2 heterocycles. The summed E-state index contributed by atoms with van der Waals surface area (Å²) in [5.74, 6) is 1.86. The van der Waals surface area contributed by atoms with E-state index in [1.54, 1.807) is 35.4 Å². The van der Waals surface area contributed by atoms with E-state index in [4.69, 9.17) is 18.9 Å². The fraction of sp³-hybridized carbons (Fsp3) is 0.389. The monoisotopic (exact) mass is 374 g/mol. The maximum atomic E-state index is 12.6. The highest BCUT2D eigenvalue weighted by Gasteiger charge is 2.28. The summed E-state index contributed by atoms with van der Waals surface area (Å²) >= 11 is 0. The number of aromatic nitrogens is 2. The lowest BCUT2D eigenvalue weighted by molar-refractivity contribution is 0.188. The van der Waals surface area contributed by atoms with E-state index in [2.05, 4.69) is 15.5 Å². The standard InChI is InChI=1S/C18H22N4O5/c1-24-14-9-12(10-15(25-2)17(14)26-3)20-18(23)22-8-6-13(11-22)27-16-5-4-7-19-21-16/h4-5,7,9-10,13H,6,8,11H2,1-3H3,(H,20,23). The Morgan fingerprint density at radius 2 is 1.93 bits per heavy atom. The van der Waals surface area contributed by atoms with Gasteiger partial charge in [-0.25, -0.2) is 4.79 Å². The van der Waals surface area contributed by atoms with Crippen LogP contribution in [-0.4, -0.2) is 61.7 Å². The molecule has 27 heavy (non-hydrogen) atoms. The van der Waals surface area contributed by atoms with Gasteiger partial charge in [0.2, 0.25) is 11.6 Å². The molecule has 3 rings (SSSR count). The number of likely N-dealkylation sites (tertiary alicyclic amines) is 1. The summed E-state index contributed by atoms with van der Waals surface area (Å²) in [5.41, 5.74) is 0.549. The van der Waals surface area contributed by atoms with Crippen LogP contribution in [0, 0.1) is 0 Å². The Morgan fingerprint density at radius 3 is 2.52 bits per heavy atom. The number of benzene rings is 1. The van der Waals surface area contributed by atoms with Crippen LogP contribution in [0.5, 0.6) is 23.1 Å². The quantitative estimate of drug-likeness (QED) is 0.828. The van der Waals surface area contributed by atoms with Gasteiger partial charge >= 0.3 is 6.03 Å². The van der Waals surface area contributed by atoms with Gasteiger partial charge in [0, 0.05) is 37.4 Å². The molecule has 1 atom stereocenters. The van der Waals surface area contributed by atoms with Crippen LogP contribution in [0.2, 0.25) is 0 Å². The highest BCUT2D eigenvalue weighted by atomic mass is 16.5. The van der Waals surface area contributed by atoms with Gasteiger partial charge in [-0.1, -0.05) is 0 Å². The average molecular weight is 374 g/mol. The van der Waals surface area contributed by atoms with Crippen LogP contribution in [0.25, 0.3) is 0 Å². The Kier molecular flexibility index (Phi) is 5.80. The molecule has 0 saturated carbocycles. The lowest BCUT2D eigenvalue weighted by Gasteiger charge is -2.19. The summed E-state index contributed by atoms with van der Waals surface area (Å²) < 4.78 is 21.7. The zero-order valence-electron chi connectivity index (χ0n) is 15.5. The van der Waals surface area contributed by atoms with E-state index in [9.17, 15) is 4.79 Å². The molecule has 1 unspecified atom stereocenters. The summed E-state index contributed by atoms with van der Waals surface area (Å²) in [5, 5.41) is 10.5. The van der Waals surface area contributed by atoms with E-state index in [0.29, 0.717) is 41.9 Å². The van der Waals surface area contributed by atoms with E-state index in [-0.39, 0.29) is 12.1 Å². The van der Waals surface area contributed by atoms with Gasteiger partial charge in [-0.05, 0) is 6.07 Å². The number of carbonyl (C=O) groups is 1. The first-order valence-electron chi connectivity index (χ1n) is 8.45. The Morgan fingerprint density at radius 1 is 1.19 bits per heavy atom. The first-order valence-corrected chi connectivity index (χ1v) is 8.45. The Balaban J connectivity index is 1.64. The van der Waals surface area contributed by atoms with Gasteiger partial charge in [0.05, 0.1) is 33.6 Å². The van der Waals surface area contributed by atoms with Crippen molar-refractivity contribution in [3.05, 3.63) is 30.5 Å². The third kappa shape index (κ3) is 4.30. The van der Waals surface area contributed by atoms with Gasteiger partial charge in [-0.2, -0.15) is 5.10 Å². The number of carbonyl (C=O) groups excluding carboxylic acids is 1. The minimum absolute atomic E-state index is 0.118. The molecule has 0 spiro atoms. The van der Waals surface area contributed by atoms with Crippen LogP contribution in [-0.2, 0) is 0 Å². The van der Waals surface area contributed by atoms with Crippen molar-refractivity contribution in [3.63, 3.8) is 0 Å². The topological polar surface area (TPSA) is 95.0 Å². The molecule has 1 aliphatic rings. The predicted octanol–water partition coefficient (Wildman–Crippen LogP) is 2.19. The van der Waals surface area contributed by atoms with Crippen molar-refractivity contribution in [2.75, 3.05) is 39.7 Å². The maximum absolute atomic E-state index is 12.6. The molecule has 1 fully saturated rings. The summed E-state index contributed by atoms with van der Waals surface area (Å²) in [4.78, 5) is 14.3. The van der Waals surface area contributed by atoms with Crippen LogP contribution in [0.4, 0.5) is 10.5 Å². The van der Waals surface area contributed by atoms with E-state index in [1.165, 1.54) is 21.3 Å². The summed E-state index contributed by atoms with van der Waals surface area (Å²) in [6.07, 6.45) is 2.19. The van der Waals surface area contributed by atoms with Crippen LogP contribution in [0.3, 0.4) is 0 Å². The molecule has 1 saturated heterocycles. The van der Waals surface area contributed by atoms with Crippen molar-refractivity contribution in [2.24, 2.45) is 0 Å². The van der Waals surface area contributed by atoms with E-state index < -0.39 is 0 Å². The van der Waals surface area contributed by atoms with Crippen LogP contribution < -0.4 is 24.3 Å². The van der Waals surface area contributed by atoms with E-state index in [1.807, 2.05) is 0 Å². The second kappa shape index (κ2) is 8.43. The zero-order chi connectivity index (χ0) is 19.2. The highest BCUT2D eigenvalue weighted by molar-refractivity contribution is 5.90. The highest BCUT2D eigenvalue weighted by Crippen LogP contribution is 2.40. The fourth-order valence-corrected chi connectivity index (χ4v) is 2.89. The van der Waals surface area contributed by atoms with Gasteiger partial charge in [0.15, 0.2) is 11.5 Å². The first kappa shape index (κ1) is 18.6. The number of ether oxygens (including phenoxy) is 4. The molecular formula is C18H22N4O5. The summed E-state index contributed by atoms with van der Waals surface area (Å²) in [6, 6.07) is 6.64. The van der Waals surface area contributed by atoms with Crippen molar-refractivity contribution in [2.45, 2.75) is 12.5 Å². The minimum Gasteiger partial charge on any atom is -0.493 e. The lowest BCUT2D eigenvalue weighted by Crippen LogP contribution is -2.34. The molecular weight excluding hydrogens is 352 g/mol. The Labute approximate surface area is 157 Å². The smallest absolute Gasteiger partial charge is 0.321 e. The molecule has 0 radical (unpaired) electrons. The van der Waals surface area contributed by atoms with Gasteiger partial charge in [-0.15, -0.1) is 5.10 Å². The van der Waals surface area contributed by atoms with Gasteiger partial charge in [0.1, 0.15) is 6.10 Å². The molecule has 2 amide bonds. The number of amides is 2. The maximum Gasteiger partial charge on any atom is 0.321 e. The molecule has 1 aromatic heterocycles. The van der Waals surface area contributed by atoms with Crippen LogP contribution in [0.1, 0.15) is 6.42 Å². The van der Waals surface area contributed by atoms with Crippen molar-refractivity contribution in [3.8, 4) is 23.1 Å². The number of anilines is 1. The number of nitrogens with zero attached hydrogens (tertiary/aromatic N) is 3. The van der Waals surface area contributed by atoms with Crippen molar-refractivity contribution in [1.82, 2.24) is 15.1 Å². The average Bonchev–Trinajstić information content (AvgIpc) is 3.16. The van der Waals surface area contributed by atoms with Gasteiger partial charge < -0.3 is 29.2 Å². The Bertz CT molecular complexity index is 762. The van der Waals surface area contributed by atoms with Crippen molar-refractivity contribution < 1.29 is 23.7 Å². The number of nitrogens with one attached hydrogen (secondary N) is 1. The van der Waals surface area contributed by atoms with E-state index in [0.717, 1.165) is 6.42 Å². The van der Waals surface area contributed by atoms with Crippen molar-refractivity contribution >= 4 is 11.7 Å². The molecule has 0 bridgehead atoms. The summed E-state index contributed by atoms with van der Waals surface area (Å²) in [7, 11) is 4.58. The molecule has 1 aromatic carbocycles. The predicted molar refractivity (Wildman–Crippen MR) is 97.8 cm³/mol. The molecule has 9 heteroatoms. The van der Waals surface area contributed by atoms with Gasteiger partial charge in [-0.3, -0.25) is 0 Å². The molecule has 144 valence electrons. The number of methoxy groups -OCH3 is 3. The molecule has 2 aromatic rings. The van der Waals surface area contributed by atoms with E-state index >= 15 is 0 Å². The minimum atomic E-state index is -0.227. The number of hydrogen-bond acceptors (Lipinski definition) is 7. The van der Waals surface area contributed by atoms with Crippen LogP contribution >= 0.6 is 0 Å². The number of rotatable bonds is 6. The molecule has 0 aliphatic carbocycles. The third-order valence-electron chi connectivity index (χ3n) is 4.18. The zero-order valence-corrected chi connectivity index (χ0v) is 15.5. The SMILES string of the molecule is COc1cc(NC(=O)N2CCC(Oc3cccnn3)C2)cc(OC)c1OC. The second-order valence-corrected chi connectivity index (χ2v) is 5.88. The number of urea groups is 1. The Hall–Kier alpha value is -3.23. The molecule has 1 aliphatic heterocycles. The summed E-state index contributed by atoms with van der Waals surface area (Å²) in [6.45, 7) is 1.05. The molecule has 9 nitrogen and oxygen atoms in total. The molecule has 1 N–H and O–H groups in total. The van der Waals surface area contributed by atoms with Gasteiger partial charge in [0.25, 0.3) is 0 Å². The fourth-order valence-electron chi connectivity index (χ4n) is 2.89. The number of hydrogen-bond donors (Lipinski definition) is 1. The van der Waals surface area contributed by atoms with Crippen molar-refractivity contribution in [1.29, 1.82) is 0 Å². The largest absolute Gasteiger partial charge is 0.493 e.